The Hall–Kier alpha value is -1.42. The standard InChI is InChI=1S/C11H15N3O4S2/c1-14(2)20(16,17)10-4-3-9(18-10)6-12-5-8-7-19-11(15)13-8/h3-4,7,12H,5-6H2,1-2H3,(H,13,15). The van der Waals surface area contributed by atoms with Gasteiger partial charge in [-0.15, -0.1) is 0 Å². The van der Waals surface area contributed by atoms with Crippen LogP contribution < -0.4 is 10.2 Å². The molecule has 0 atom stereocenters. The third kappa shape index (κ3) is 3.37. The summed E-state index contributed by atoms with van der Waals surface area (Å²) in [6.45, 7) is 0.857. The van der Waals surface area contributed by atoms with E-state index < -0.39 is 10.0 Å². The second-order valence-electron chi connectivity index (χ2n) is 4.29. The Morgan fingerprint density at radius 2 is 2.10 bits per heavy atom. The molecule has 2 aromatic heterocycles. The van der Waals surface area contributed by atoms with Crippen LogP contribution in [-0.4, -0.2) is 31.8 Å². The normalized spacial score (nSPS) is 12.2. The van der Waals surface area contributed by atoms with Crippen LogP contribution in [0.15, 0.2) is 31.8 Å². The van der Waals surface area contributed by atoms with Gasteiger partial charge in [0.15, 0.2) is 0 Å². The number of hydrogen-bond acceptors (Lipinski definition) is 6. The van der Waals surface area contributed by atoms with Gasteiger partial charge in [-0.25, -0.2) is 12.7 Å². The number of furan rings is 1. The van der Waals surface area contributed by atoms with Gasteiger partial charge >= 0.3 is 4.87 Å². The lowest BCUT2D eigenvalue weighted by molar-refractivity contribution is 0.388. The molecule has 2 aromatic rings. The fourth-order valence-corrected chi connectivity index (χ4v) is 2.89. The zero-order valence-corrected chi connectivity index (χ0v) is 12.7. The molecule has 0 aliphatic carbocycles. The summed E-state index contributed by atoms with van der Waals surface area (Å²) in [6.07, 6.45) is 0. The number of rotatable bonds is 6. The number of H-pyrrole nitrogens is 1. The summed E-state index contributed by atoms with van der Waals surface area (Å²) in [5, 5.41) is 4.71. The minimum absolute atomic E-state index is 0.0803. The molecule has 0 fully saturated rings. The van der Waals surface area contributed by atoms with Crippen molar-refractivity contribution in [2.75, 3.05) is 14.1 Å². The highest BCUT2D eigenvalue weighted by Crippen LogP contribution is 2.16. The van der Waals surface area contributed by atoms with E-state index in [0.29, 0.717) is 18.8 Å². The lowest BCUT2D eigenvalue weighted by atomic mass is 10.4. The highest BCUT2D eigenvalue weighted by atomic mass is 32.2. The van der Waals surface area contributed by atoms with Crippen molar-refractivity contribution < 1.29 is 12.8 Å². The van der Waals surface area contributed by atoms with E-state index in [4.69, 9.17) is 4.42 Å². The van der Waals surface area contributed by atoms with Crippen LogP contribution in [-0.2, 0) is 23.1 Å². The quantitative estimate of drug-likeness (QED) is 0.812. The molecular formula is C11H15N3O4S2. The van der Waals surface area contributed by atoms with E-state index in [1.165, 1.54) is 20.2 Å². The lowest BCUT2D eigenvalue weighted by Gasteiger charge is -2.07. The summed E-state index contributed by atoms with van der Waals surface area (Å²) in [6, 6.07) is 3.04. The molecule has 2 rings (SSSR count). The number of nitrogens with one attached hydrogen (secondary N) is 2. The first kappa shape index (κ1) is 15.0. The Bertz CT molecular complexity index is 727. The van der Waals surface area contributed by atoms with E-state index in [1.54, 1.807) is 11.4 Å². The van der Waals surface area contributed by atoms with Gasteiger partial charge in [-0.05, 0) is 12.1 Å². The van der Waals surface area contributed by atoms with E-state index in [1.807, 2.05) is 0 Å². The molecule has 0 aromatic carbocycles. The first-order valence-electron chi connectivity index (χ1n) is 5.78. The molecular weight excluding hydrogens is 302 g/mol. The van der Waals surface area contributed by atoms with Crippen LogP contribution >= 0.6 is 11.3 Å². The summed E-state index contributed by atoms with van der Waals surface area (Å²) in [5.41, 5.74) is 0.785. The topological polar surface area (TPSA) is 95.4 Å². The summed E-state index contributed by atoms with van der Waals surface area (Å²) in [4.78, 5) is 13.5. The minimum atomic E-state index is -3.54. The lowest BCUT2D eigenvalue weighted by Crippen LogP contribution is -2.21. The van der Waals surface area contributed by atoms with Gasteiger partial charge in [0.25, 0.3) is 10.0 Å². The average molecular weight is 317 g/mol. The Balaban J connectivity index is 1.95. The molecule has 2 heterocycles. The summed E-state index contributed by atoms with van der Waals surface area (Å²) < 4.78 is 30.0. The van der Waals surface area contributed by atoms with Crippen LogP contribution in [0.5, 0.6) is 0 Å². The molecule has 2 N–H and O–H groups in total. The van der Waals surface area contributed by atoms with Gasteiger partial charge < -0.3 is 14.7 Å². The van der Waals surface area contributed by atoms with Crippen molar-refractivity contribution in [3.05, 3.63) is 38.6 Å². The van der Waals surface area contributed by atoms with Gasteiger partial charge in [-0.1, -0.05) is 11.3 Å². The van der Waals surface area contributed by atoms with Gasteiger partial charge in [-0.2, -0.15) is 0 Å². The number of thiazole rings is 1. The molecule has 20 heavy (non-hydrogen) atoms. The molecule has 0 saturated carbocycles. The van der Waals surface area contributed by atoms with Crippen LogP contribution in [0.4, 0.5) is 0 Å². The Morgan fingerprint density at radius 3 is 2.70 bits per heavy atom. The first-order valence-corrected chi connectivity index (χ1v) is 8.10. The van der Waals surface area contributed by atoms with E-state index >= 15 is 0 Å². The summed E-state index contributed by atoms with van der Waals surface area (Å²) in [7, 11) is -0.643. The van der Waals surface area contributed by atoms with Crippen molar-refractivity contribution in [1.82, 2.24) is 14.6 Å². The zero-order valence-electron chi connectivity index (χ0n) is 11.0. The van der Waals surface area contributed by atoms with Crippen molar-refractivity contribution in [3.63, 3.8) is 0 Å². The number of sulfonamides is 1. The number of aromatic amines is 1. The molecule has 0 unspecified atom stereocenters. The van der Waals surface area contributed by atoms with Crippen molar-refractivity contribution in [2.24, 2.45) is 0 Å². The summed E-state index contributed by atoms with van der Waals surface area (Å²) in [5.74, 6) is 0.517. The average Bonchev–Trinajstić information content (AvgIpc) is 2.99. The van der Waals surface area contributed by atoms with Crippen LogP contribution in [0.25, 0.3) is 0 Å². The predicted octanol–water partition coefficient (Wildman–Crippen LogP) is 0.570. The second-order valence-corrected chi connectivity index (χ2v) is 7.21. The maximum atomic E-state index is 11.8. The summed E-state index contributed by atoms with van der Waals surface area (Å²) >= 11 is 1.10. The number of hydrogen-bond donors (Lipinski definition) is 2. The molecule has 7 nitrogen and oxygen atoms in total. The Labute approximate surface area is 120 Å². The molecule has 0 aliphatic rings. The predicted molar refractivity (Wildman–Crippen MR) is 75.1 cm³/mol. The monoisotopic (exact) mass is 317 g/mol. The van der Waals surface area contributed by atoms with Gasteiger partial charge in [0.2, 0.25) is 5.09 Å². The van der Waals surface area contributed by atoms with Crippen molar-refractivity contribution in [3.8, 4) is 0 Å². The van der Waals surface area contributed by atoms with Crippen molar-refractivity contribution >= 4 is 21.4 Å². The van der Waals surface area contributed by atoms with Gasteiger partial charge in [0.1, 0.15) is 5.76 Å². The Morgan fingerprint density at radius 1 is 1.35 bits per heavy atom. The van der Waals surface area contributed by atoms with E-state index in [-0.39, 0.29) is 9.97 Å². The fourth-order valence-electron chi connectivity index (χ4n) is 1.49. The van der Waals surface area contributed by atoms with Gasteiger partial charge in [-0.3, -0.25) is 4.79 Å². The third-order valence-electron chi connectivity index (χ3n) is 2.56. The molecule has 0 aliphatic heterocycles. The third-order valence-corrected chi connectivity index (χ3v) is 4.97. The number of aromatic nitrogens is 1. The molecule has 0 spiro atoms. The smallest absolute Gasteiger partial charge is 0.304 e. The second kappa shape index (κ2) is 5.92. The van der Waals surface area contributed by atoms with Crippen LogP contribution in [0.2, 0.25) is 0 Å². The van der Waals surface area contributed by atoms with Crippen LogP contribution in [0.1, 0.15) is 11.5 Å². The van der Waals surface area contributed by atoms with Crippen LogP contribution in [0.3, 0.4) is 0 Å². The fraction of sp³-hybridized carbons (Fsp3) is 0.364. The Kier molecular flexibility index (Phi) is 4.43. The van der Waals surface area contributed by atoms with Crippen molar-refractivity contribution in [1.29, 1.82) is 0 Å². The highest BCUT2D eigenvalue weighted by molar-refractivity contribution is 7.88. The van der Waals surface area contributed by atoms with Gasteiger partial charge in [0, 0.05) is 31.7 Å². The number of nitrogens with zero attached hydrogens (tertiary/aromatic N) is 1. The largest absolute Gasteiger partial charge is 0.447 e. The molecule has 0 radical (unpaired) electrons. The zero-order chi connectivity index (χ0) is 14.8. The molecule has 110 valence electrons. The van der Waals surface area contributed by atoms with E-state index in [9.17, 15) is 13.2 Å². The molecule has 0 amide bonds. The highest BCUT2D eigenvalue weighted by Gasteiger charge is 2.21. The van der Waals surface area contributed by atoms with E-state index in [2.05, 4.69) is 10.3 Å². The molecule has 9 heteroatoms. The van der Waals surface area contributed by atoms with Crippen LogP contribution in [0, 0.1) is 0 Å². The SMILES string of the molecule is CN(C)S(=O)(=O)c1ccc(CNCc2csc(=O)[nH]2)o1. The molecule has 0 bridgehead atoms. The first-order chi connectivity index (χ1) is 9.39. The maximum absolute atomic E-state index is 11.8. The van der Waals surface area contributed by atoms with Crippen molar-refractivity contribution in [2.45, 2.75) is 18.2 Å². The van der Waals surface area contributed by atoms with Gasteiger partial charge in [0.05, 0.1) is 6.54 Å². The van der Waals surface area contributed by atoms with E-state index in [0.717, 1.165) is 21.3 Å². The minimum Gasteiger partial charge on any atom is -0.447 e. The molecule has 0 saturated heterocycles. The maximum Gasteiger partial charge on any atom is 0.304 e.